The van der Waals surface area contributed by atoms with Crippen molar-refractivity contribution in [2.24, 2.45) is 11.8 Å². The van der Waals surface area contributed by atoms with E-state index < -0.39 is 0 Å². The second-order valence-electron chi connectivity index (χ2n) is 9.81. The molecule has 2 heterocycles. The number of amides is 1. The van der Waals surface area contributed by atoms with Crippen LogP contribution in [-0.4, -0.2) is 54.8 Å². The standard InChI is InChI=1S/C28H36N4O4/c1-19(2)16-32(28(33)22-7-6-14-31(17-22)23-11-8-20(3)9-12-23)18-26-29-27(30-36-26)21-10-13-24(34-4)25(15-21)35-5/h8-13,15,19,22H,6-7,14,16-18H2,1-5H3/t22-/m1/s1. The molecule has 1 aliphatic rings. The predicted molar refractivity (Wildman–Crippen MR) is 139 cm³/mol. The minimum absolute atomic E-state index is 0.0629. The minimum atomic E-state index is -0.0629. The van der Waals surface area contributed by atoms with Gasteiger partial charge in [-0.25, -0.2) is 0 Å². The van der Waals surface area contributed by atoms with Crippen molar-refractivity contribution in [3.8, 4) is 22.9 Å². The Labute approximate surface area is 213 Å². The lowest BCUT2D eigenvalue weighted by molar-refractivity contribution is -0.137. The number of aryl methyl sites for hydroxylation is 1. The van der Waals surface area contributed by atoms with Crippen LogP contribution in [0, 0.1) is 18.8 Å². The largest absolute Gasteiger partial charge is 0.493 e. The van der Waals surface area contributed by atoms with E-state index in [0.717, 1.165) is 31.5 Å². The molecule has 0 N–H and O–H groups in total. The number of methoxy groups -OCH3 is 2. The molecule has 0 aliphatic carbocycles. The monoisotopic (exact) mass is 492 g/mol. The van der Waals surface area contributed by atoms with Gasteiger partial charge < -0.3 is 23.8 Å². The van der Waals surface area contributed by atoms with Gasteiger partial charge in [0.05, 0.1) is 20.1 Å². The Morgan fingerprint density at radius 3 is 2.58 bits per heavy atom. The quantitative estimate of drug-likeness (QED) is 0.417. The fraction of sp³-hybridized carbons (Fsp3) is 0.464. The Balaban J connectivity index is 1.48. The molecule has 1 saturated heterocycles. The van der Waals surface area contributed by atoms with Crippen molar-refractivity contribution in [3.63, 3.8) is 0 Å². The van der Waals surface area contributed by atoms with Crippen molar-refractivity contribution in [2.75, 3.05) is 38.8 Å². The summed E-state index contributed by atoms with van der Waals surface area (Å²) in [5.41, 5.74) is 3.16. The van der Waals surface area contributed by atoms with Crippen LogP contribution in [0.2, 0.25) is 0 Å². The van der Waals surface area contributed by atoms with Crippen molar-refractivity contribution in [1.82, 2.24) is 15.0 Å². The van der Waals surface area contributed by atoms with Gasteiger partial charge in [0.1, 0.15) is 6.54 Å². The van der Waals surface area contributed by atoms with Crippen molar-refractivity contribution in [3.05, 3.63) is 53.9 Å². The molecule has 2 aromatic carbocycles. The van der Waals surface area contributed by atoms with Crippen LogP contribution in [0.25, 0.3) is 11.4 Å². The average molecular weight is 493 g/mol. The van der Waals surface area contributed by atoms with Crippen molar-refractivity contribution in [2.45, 2.75) is 40.2 Å². The van der Waals surface area contributed by atoms with E-state index in [1.54, 1.807) is 14.2 Å². The third-order valence-corrected chi connectivity index (χ3v) is 6.50. The van der Waals surface area contributed by atoms with Gasteiger partial charge in [0.25, 0.3) is 0 Å². The second-order valence-corrected chi connectivity index (χ2v) is 9.81. The topological polar surface area (TPSA) is 80.9 Å². The summed E-state index contributed by atoms with van der Waals surface area (Å²) in [6, 6.07) is 14.0. The highest BCUT2D eigenvalue weighted by molar-refractivity contribution is 5.80. The molecule has 36 heavy (non-hydrogen) atoms. The molecule has 8 heteroatoms. The highest BCUT2D eigenvalue weighted by Gasteiger charge is 2.31. The average Bonchev–Trinajstić information content (AvgIpc) is 3.36. The highest BCUT2D eigenvalue weighted by atomic mass is 16.5. The Bertz CT molecular complexity index is 1160. The van der Waals surface area contributed by atoms with Crippen LogP contribution in [0.3, 0.4) is 0 Å². The van der Waals surface area contributed by atoms with Crippen molar-refractivity contribution in [1.29, 1.82) is 0 Å². The summed E-state index contributed by atoms with van der Waals surface area (Å²) in [6.07, 6.45) is 1.88. The number of benzene rings is 2. The van der Waals surface area contributed by atoms with E-state index in [1.165, 1.54) is 11.3 Å². The lowest BCUT2D eigenvalue weighted by atomic mass is 9.95. The van der Waals surface area contributed by atoms with Crippen LogP contribution in [0.15, 0.2) is 47.0 Å². The zero-order valence-corrected chi connectivity index (χ0v) is 21.9. The van der Waals surface area contributed by atoms with Crippen LogP contribution < -0.4 is 14.4 Å². The first-order chi connectivity index (χ1) is 17.4. The molecule has 1 amide bonds. The van der Waals surface area contributed by atoms with E-state index in [9.17, 15) is 4.79 Å². The molecule has 0 saturated carbocycles. The molecule has 0 bridgehead atoms. The number of rotatable bonds is 9. The molecular weight excluding hydrogens is 456 g/mol. The number of anilines is 1. The van der Waals surface area contributed by atoms with E-state index in [-0.39, 0.29) is 11.8 Å². The number of aromatic nitrogens is 2. The first-order valence-electron chi connectivity index (χ1n) is 12.5. The number of piperidine rings is 1. The molecule has 3 aromatic rings. The zero-order valence-electron chi connectivity index (χ0n) is 21.9. The fourth-order valence-corrected chi connectivity index (χ4v) is 4.68. The molecule has 0 spiro atoms. The third kappa shape index (κ3) is 5.98. The molecule has 1 atom stereocenters. The summed E-state index contributed by atoms with van der Waals surface area (Å²) in [5, 5.41) is 4.15. The molecular formula is C28H36N4O4. The molecule has 0 radical (unpaired) electrons. The number of carbonyl (C=O) groups is 1. The van der Waals surface area contributed by atoms with Gasteiger partial charge in [-0.3, -0.25) is 4.79 Å². The van der Waals surface area contributed by atoms with E-state index in [4.69, 9.17) is 14.0 Å². The number of ether oxygens (including phenoxy) is 2. The van der Waals surface area contributed by atoms with Gasteiger partial charge in [-0.2, -0.15) is 4.98 Å². The maximum absolute atomic E-state index is 13.7. The molecule has 0 unspecified atom stereocenters. The second kappa shape index (κ2) is 11.5. The Kier molecular flexibility index (Phi) is 8.13. The number of hydrogen-bond acceptors (Lipinski definition) is 7. The first-order valence-corrected chi connectivity index (χ1v) is 12.5. The normalized spacial score (nSPS) is 15.7. The van der Waals surface area contributed by atoms with E-state index in [1.807, 2.05) is 23.1 Å². The highest BCUT2D eigenvalue weighted by Crippen LogP contribution is 2.31. The maximum Gasteiger partial charge on any atom is 0.246 e. The lowest BCUT2D eigenvalue weighted by Gasteiger charge is -2.36. The number of nitrogens with zero attached hydrogens (tertiary/aromatic N) is 4. The molecule has 4 rings (SSSR count). The summed E-state index contributed by atoms with van der Waals surface area (Å²) in [5.74, 6) is 2.49. The fourth-order valence-electron chi connectivity index (χ4n) is 4.68. The summed E-state index contributed by atoms with van der Waals surface area (Å²) < 4.78 is 16.3. The van der Waals surface area contributed by atoms with E-state index >= 15 is 0 Å². The summed E-state index contributed by atoms with van der Waals surface area (Å²) in [4.78, 5) is 22.5. The zero-order chi connectivity index (χ0) is 25.7. The summed E-state index contributed by atoms with van der Waals surface area (Å²) in [6.45, 7) is 8.92. The van der Waals surface area contributed by atoms with Crippen LogP contribution >= 0.6 is 0 Å². The van der Waals surface area contributed by atoms with Gasteiger partial charge in [-0.15, -0.1) is 0 Å². The molecule has 1 aromatic heterocycles. The van der Waals surface area contributed by atoms with Gasteiger partial charge in [0, 0.05) is 30.9 Å². The van der Waals surface area contributed by atoms with Gasteiger partial charge in [0.2, 0.25) is 17.6 Å². The Morgan fingerprint density at radius 2 is 1.89 bits per heavy atom. The predicted octanol–water partition coefficient (Wildman–Crippen LogP) is 4.96. The number of hydrogen-bond donors (Lipinski definition) is 0. The van der Waals surface area contributed by atoms with Gasteiger partial charge >= 0.3 is 0 Å². The smallest absolute Gasteiger partial charge is 0.246 e. The summed E-state index contributed by atoms with van der Waals surface area (Å²) >= 11 is 0. The molecule has 8 nitrogen and oxygen atoms in total. The minimum Gasteiger partial charge on any atom is -0.493 e. The maximum atomic E-state index is 13.7. The SMILES string of the molecule is COc1ccc(-c2noc(CN(CC(C)C)C(=O)[C@@H]3CCCN(c4ccc(C)cc4)C3)n2)cc1OC. The third-order valence-electron chi connectivity index (χ3n) is 6.50. The van der Waals surface area contributed by atoms with E-state index in [0.29, 0.717) is 42.2 Å². The summed E-state index contributed by atoms with van der Waals surface area (Å²) in [7, 11) is 3.18. The Hall–Kier alpha value is -3.55. The van der Waals surface area contributed by atoms with Crippen molar-refractivity contribution >= 4 is 11.6 Å². The van der Waals surface area contributed by atoms with Gasteiger partial charge in [-0.05, 0) is 56.0 Å². The molecule has 1 aliphatic heterocycles. The lowest BCUT2D eigenvalue weighted by Crippen LogP contribution is -2.45. The van der Waals surface area contributed by atoms with Crippen molar-refractivity contribution < 1.29 is 18.8 Å². The van der Waals surface area contributed by atoms with Gasteiger partial charge in [-0.1, -0.05) is 36.7 Å². The van der Waals surface area contributed by atoms with Crippen LogP contribution in [0.4, 0.5) is 5.69 Å². The van der Waals surface area contributed by atoms with E-state index in [2.05, 4.69) is 60.1 Å². The van der Waals surface area contributed by atoms with Gasteiger partial charge in [0.15, 0.2) is 11.5 Å². The molecule has 1 fully saturated rings. The Morgan fingerprint density at radius 1 is 1.14 bits per heavy atom. The number of carbonyl (C=O) groups excluding carboxylic acids is 1. The van der Waals surface area contributed by atoms with Crippen LogP contribution in [-0.2, 0) is 11.3 Å². The van der Waals surface area contributed by atoms with Crippen LogP contribution in [0.1, 0.15) is 38.1 Å². The molecule has 192 valence electrons. The van der Waals surface area contributed by atoms with Crippen LogP contribution in [0.5, 0.6) is 11.5 Å². The first kappa shape index (κ1) is 25.5.